The molecule has 2 atom stereocenters. The van der Waals surface area contributed by atoms with E-state index in [-0.39, 0.29) is 17.5 Å². The zero-order valence-electron chi connectivity index (χ0n) is 9.84. The Bertz CT molecular complexity index is 425. The average Bonchev–Trinajstić information content (AvgIpc) is 2.38. The first-order valence-electron chi connectivity index (χ1n) is 5.36. The number of ether oxygens (including phenoxy) is 1. The van der Waals surface area contributed by atoms with Crippen molar-refractivity contribution < 1.29 is 24.1 Å². The van der Waals surface area contributed by atoms with Crippen molar-refractivity contribution in [2.45, 2.75) is 18.6 Å². The number of aliphatic hydroxyl groups excluding tert-OH is 2. The van der Waals surface area contributed by atoms with Crippen molar-refractivity contribution in [3.8, 4) is 0 Å². The average molecular weight is 274 g/mol. The number of halogens is 1. The highest BCUT2D eigenvalue weighted by molar-refractivity contribution is 7.80. The number of hydrogen-bond acceptors (Lipinski definition) is 5. The van der Waals surface area contributed by atoms with Crippen LogP contribution in [0.5, 0.6) is 0 Å². The minimum Gasteiger partial charge on any atom is -0.465 e. The van der Waals surface area contributed by atoms with E-state index in [1.54, 1.807) is 0 Å². The van der Waals surface area contributed by atoms with Crippen LogP contribution in [-0.4, -0.2) is 35.1 Å². The van der Waals surface area contributed by atoms with Gasteiger partial charge in [0.2, 0.25) is 0 Å². The number of carbonyl (C=O) groups is 1. The van der Waals surface area contributed by atoms with E-state index in [1.165, 1.54) is 12.1 Å². The van der Waals surface area contributed by atoms with Crippen molar-refractivity contribution >= 4 is 18.6 Å². The van der Waals surface area contributed by atoms with Gasteiger partial charge in [-0.05, 0) is 29.9 Å². The number of aliphatic hydroxyl groups is 2. The Hall–Kier alpha value is -1.11. The van der Waals surface area contributed by atoms with Gasteiger partial charge in [-0.1, -0.05) is 6.07 Å². The highest BCUT2D eigenvalue weighted by Crippen LogP contribution is 2.22. The molecule has 4 nitrogen and oxygen atoms in total. The molecule has 1 rings (SSSR count). The quantitative estimate of drug-likeness (QED) is 0.560. The Morgan fingerprint density at radius 1 is 1.50 bits per heavy atom. The first kappa shape index (κ1) is 14.9. The fourth-order valence-electron chi connectivity index (χ4n) is 1.51. The van der Waals surface area contributed by atoms with Crippen molar-refractivity contribution in [3.63, 3.8) is 0 Å². The lowest BCUT2D eigenvalue weighted by atomic mass is 10.0. The van der Waals surface area contributed by atoms with Gasteiger partial charge in [-0.25, -0.2) is 9.18 Å². The predicted octanol–water partition coefficient (Wildman–Crippen LogP) is 1.33. The number of esters is 1. The highest BCUT2D eigenvalue weighted by Gasteiger charge is 2.21. The van der Waals surface area contributed by atoms with Crippen LogP contribution in [0.25, 0.3) is 0 Å². The predicted molar refractivity (Wildman–Crippen MR) is 67.2 cm³/mol. The molecule has 1 aromatic rings. The van der Waals surface area contributed by atoms with Crippen LogP contribution in [0, 0.1) is 5.82 Å². The summed E-state index contributed by atoms with van der Waals surface area (Å²) >= 11 is 3.95. The smallest absolute Gasteiger partial charge is 0.340 e. The topological polar surface area (TPSA) is 66.8 Å². The number of thiol groups is 1. The molecular formula is C12H15FO4S. The van der Waals surface area contributed by atoms with Crippen LogP contribution in [0.15, 0.2) is 18.2 Å². The number of benzene rings is 1. The standard InChI is InChI=1S/C12H15FO4S/c1-17-12(16)8-6-7(2-3-9(8)13)11(15)10(14)4-5-18/h2-3,6,10-11,14-15,18H,4-5H2,1H3. The summed E-state index contributed by atoms with van der Waals surface area (Å²) in [6.45, 7) is 0. The minimum atomic E-state index is -1.19. The van der Waals surface area contributed by atoms with Gasteiger partial charge >= 0.3 is 5.97 Å². The van der Waals surface area contributed by atoms with Gasteiger partial charge in [0.1, 0.15) is 11.9 Å². The molecule has 0 amide bonds. The fraction of sp³-hybridized carbons (Fsp3) is 0.417. The monoisotopic (exact) mass is 274 g/mol. The van der Waals surface area contributed by atoms with Crippen LogP contribution in [-0.2, 0) is 4.74 Å². The zero-order valence-corrected chi connectivity index (χ0v) is 10.7. The molecule has 0 radical (unpaired) electrons. The molecule has 0 bridgehead atoms. The molecule has 100 valence electrons. The van der Waals surface area contributed by atoms with Gasteiger partial charge in [-0.3, -0.25) is 0 Å². The summed E-state index contributed by atoms with van der Waals surface area (Å²) in [6.07, 6.45) is -1.92. The Morgan fingerprint density at radius 2 is 2.17 bits per heavy atom. The second-order valence-electron chi connectivity index (χ2n) is 3.76. The lowest BCUT2D eigenvalue weighted by Crippen LogP contribution is -2.19. The maximum absolute atomic E-state index is 13.4. The largest absolute Gasteiger partial charge is 0.465 e. The summed E-state index contributed by atoms with van der Waals surface area (Å²) in [6, 6.07) is 3.54. The van der Waals surface area contributed by atoms with Crippen LogP contribution in [0.2, 0.25) is 0 Å². The molecule has 18 heavy (non-hydrogen) atoms. The van der Waals surface area contributed by atoms with Gasteiger partial charge in [-0.2, -0.15) is 12.6 Å². The lowest BCUT2D eigenvalue weighted by Gasteiger charge is -2.18. The number of carbonyl (C=O) groups excluding carboxylic acids is 1. The summed E-state index contributed by atoms with van der Waals surface area (Å²) in [5.74, 6) is -1.16. The van der Waals surface area contributed by atoms with E-state index >= 15 is 0 Å². The molecule has 6 heteroatoms. The van der Waals surface area contributed by atoms with Gasteiger partial charge in [0, 0.05) is 0 Å². The molecule has 0 aromatic heterocycles. The van der Waals surface area contributed by atoms with Crippen LogP contribution >= 0.6 is 12.6 Å². The van der Waals surface area contributed by atoms with Crippen molar-refractivity contribution in [2.24, 2.45) is 0 Å². The molecule has 0 spiro atoms. The molecule has 0 aliphatic rings. The van der Waals surface area contributed by atoms with E-state index in [0.29, 0.717) is 5.75 Å². The van der Waals surface area contributed by atoms with Crippen molar-refractivity contribution in [1.29, 1.82) is 0 Å². The third kappa shape index (κ3) is 3.44. The molecule has 0 fully saturated rings. The Balaban J connectivity index is 3.00. The molecule has 0 saturated carbocycles. The summed E-state index contributed by atoms with van der Waals surface area (Å²) < 4.78 is 17.8. The van der Waals surface area contributed by atoms with E-state index in [2.05, 4.69) is 17.4 Å². The molecule has 0 aliphatic carbocycles. The third-order valence-corrected chi connectivity index (χ3v) is 2.78. The van der Waals surface area contributed by atoms with Crippen LogP contribution in [0.3, 0.4) is 0 Å². The molecule has 2 unspecified atom stereocenters. The van der Waals surface area contributed by atoms with Gasteiger partial charge < -0.3 is 14.9 Å². The molecule has 2 N–H and O–H groups in total. The van der Waals surface area contributed by atoms with Gasteiger partial charge in [0.05, 0.1) is 18.8 Å². The second kappa shape index (κ2) is 6.72. The highest BCUT2D eigenvalue weighted by atomic mass is 32.1. The molecular weight excluding hydrogens is 259 g/mol. The fourth-order valence-corrected chi connectivity index (χ4v) is 1.77. The van der Waals surface area contributed by atoms with E-state index in [0.717, 1.165) is 13.2 Å². The maximum Gasteiger partial charge on any atom is 0.340 e. The second-order valence-corrected chi connectivity index (χ2v) is 4.20. The van der Waals surface area contributed by atoms with Gasteiger partial charge in [0.15, 0.2) is 0 Å². The normalized spacial score (nSPS) is 14.1. The molecule has 0 saturated heterocycles. The van der Waals surface area contributed by atoms with Crippen LogP contribution < -0.4 is 0 Å². The number of rotatable bonds is 5. The first-order chi connectivity index (χ1) is 8.51. The van der Waals surface area contributed by atoms with Crippen molar-refractivity contribution in [3.05, 3.63) is 35.1 Å². The van der Waals surface area contributed by atoms with E-state index < -0.39 is 24.0 Å². The summed E-state index contributed by atoms with van der Waals surface area (Å²) in [4.78, 5) is 11.3. The van der Waals surface area contributed by atoms with Crippen LogP contribution in [0.4, 0.5) is 4.39 Å². The SMILES string of the molecule is COC(=O)c1cc(C(O)C(O)CCS)ccc1F. The maximum atomic E-state index is 13.4. The van der Waals surface area contributed by atoms with Crippen LogP contribution in [0.1, 0.15) is 28.4 Å². The summed E-state index contributed by atoms with van der Waals surface area (Å²) in [7, 11) is 1.14. The van der Waals surface area contributed by atoms with E-state index in [9.17, 15) is 19.4 Å². The van der Waals surface area contributed by atoms with Gasteiger partial charge in [-0.15, -0.1) is 0 Å². The Kier molecular flexibility index (Phi) is 5.58. The number of methoxy groups -OCH3 is 1. The summed E-state index contributed by atoms with van der Waals surface area (Å²) in [5.41, 5.74) is -0.0155. The van der Waals surface area contributed by atoms with Crippen molar-refractivity contribution in [2.75, 3.05) is 12.9 Å². The Labute approximate surface area is 110 Å². The van der Waals surface area contributed by atoms with Gasteiger partial charge in [0.25, 0.3) is 0 Å². The lowest BCUT2D eigenvalue weighted by molar-refractivity contribution is 0.0171. The molecule has 0 heterocycles. The van der Waals surface area contributed by atoms with E-state index in [1.807, 2.05) is 0 Å². The minimum absolute atomic E-state index is 0.256. The molecule has 0 aliphatic heterocycles. The third-order valence-electron chi connectivity index (χ3n) is 2.53. The van der Waals surface area contributed by atoms with E-state index in [4.69, 9.17) is 0 Å². The molecule has 1 aromatic carbocycles. The van der Waals surface area contributed by atoms with Crippen molar-refractivity contribution in [1.82, 2.24) is 0 Å². The Morgan fingerprint density at radius 3 is 2.72 bits per heavy atom. The number of hydrogen-bond donors (Lipinski definition) is 3. The first-order valence-corrected chi connectivity index (χ1v) is 5.99. The summed E-state index contributed by atoms with van der Waals surface area (Å²) in [5, 5.41) is 19.4. The zero-order chi connectivity index (χ0) is 13.7.